The monoisotopic (exact) mass is 463 g/mol. The lowest BCUT2D eigenvalue weighted by molar-refractivity contribution is 0.589. The molecule has 0 radical (unpaired) electrons. The number of pyridine rings is 1. The molecule has 0 bridgehead atoms. The van der Waals surface area contributed by atoms with Crippen LogP contribution in [0.2, 0.25) is 5.02 Å². The lowest BCUT2D eigenvalue weighted by Crippen LogP contribution is -2.23. The van der Waals surface area contributed by atoms with Crippen molar-refractivity contribution in [2.45, 2.75) is 32.7 Å². The van der Waals surface area contributed by atoms with Gasteiger partial charge in [-0.2, -0.15) is 4.98 Å². The van der Waals surface area contributed by atoms with Gasteiger partial charge < -0.3 is 11.1 Å². The number of rotatable bonds is 8. The Bertz CT molecular complexity index is 1350. The predicted octanol–water partition coefficient (Wildman–Crippen LogP) is 4.05. The average Bonchev–Trinajstić information content (AvgIpc) is 2.82. The first-order valence-electron chi connectivity index (χ1n) is 10.9. The summed E-state index contributed by atoms with van der Waals surface area (Å²) in [5, 5.41) is 4.17. The van der Waals surface area contributed by atoms with Crippen LogP contribution in [0.5, 0.6) is 0 Å². The van der Waals surface area contributed by atoms with E-state index in [2.05, 4.69) is 25.3 Å². The minimum atomic E-state index is -0.138. The van der Waals surface area contributed by atoms with E-state index in [1.54, 1.807) is 36.3 Å². The number of fused-ring (bicyclic) bond motifs is 1. The quantitative estimate of drug-likeness (QED) is 0.379. The van der Waals surface area contributed by atoms with Crippen molar-refractivity contribution in [2.75, 3.05) is 18.9 Å². The van der Waals surface area contributed by atoms with Crippen LogP contribution in [0.25, 0.3) is 33.4 Å². The van der Waals surface area contributed by atoms with E-state index in [1.807, 2.05) is 25.1 Å². The maximum absolute atomic E-state index is 13.6. The van der Waals surface area contributed by atoms with Gasteiger partial charge in [-0.1, -0.05) is 30.2 Å². The summed E-state index contributed by atoms with van der Waals surface area (Å²) in [6.45, 7) is 3.06. The molecular weight excluding hydrogens is 438 g/mol. The molecule has 3 aromatic heterocycles. The number of nitrogens with zero attached hydrogens (tertiary/aromatic N) is 5. The SMILES string of the molecule is CNc1ncc2cc(-c3ccc(-c4cncc(C)n4)cc3Cl)c(=O)n(CCCCCN)c2n1. The van der Waals surface area contributed by atoms with Crippen molar-refractivity contribution < 1.29 is 0 Å². The van der Waals surface area contributed by atoms with Crippen LogP contribution in [0.3, 0.4) is 0 Å². The van der Waals surface area contributed by atoms with Gasteiger partial charge in [-0.15, -0.1) is 0 Å². The second kappa shape index (κ2) is 10.1. The number of benzene rings is 1. The van der Waals surface area contributed by atoms with E-state index in [9.17, 15) is 4.79 Å². The Kier molecular flexibility index (Phi) is 6.96. The first-order chi connectivity index (χ1) is 16.0. The standard InChI is InChI=1S/C24H26ClN7O/c1-15-12-28-14-21(30-15)16-6-7-18(20(25)11-16)19-10-17-13-29-24(27-2)31-22(17)32(23(19)33)9-5-3-4-8-26/h6-7,10-14H,3-5,8-9,26H2,1-2H3,(H,27,29,31). The molecule has 0 saturated carbocycles. The number of nitrogens with two attached hydrogens (primary N) is 1. The minimum absolute atomic E-state index is 0.138. The van der Waals surface area contributed by atoms with Gasteiger partial charge in [0.2, 0.25) is 5.95 Å². The van der Waals surface area contributed by atoms with E-state index in [0.717, 1.165) is 41.6 Å². The average molecular weight is 464 g/mol. The molecule has 0 fully saturated rings. The zero-order valence-electron chi connectivity index (χ0n) is 18.7. The number of nitrogens with one attached hydrogen (secondary N) is 1. The normalized spacial score (nSPS) is 11.2. The van der Waals surface area contributed by atoms with Gasteiger partial charge in [-0.05, 0) is 38.4 Å². The van der Waals surface area contributed by atoms with Gasteiger partial charge in [0.15, 0.2) is 0 Å². The molecule has 0 aliphatic heterocycles. The number of aryl methyl sites for hydroxylation is 2. The van der Waals surface area contributed by atoms with Gasteiger partial charge in [-0.25, -0.2) is 9.97 Å². The fraction of sp³-hybridized carbons (Fsp3) is 0.292. The fourth-order valence-electron chi connectivity index (χ4n) is 3.77. The molecule has 0 aliphatic carbocycles. The Balaban J connectivity index is 1.81. The molecular formula is C24H26ClN7O. The van der Waals surface area contributed by atoms with Gasteiger partial charge >= 0.3 is 0 Å². The van der Waals surface area contributed by atoms with E-state index in [0.29, 0.717) is 40.8 Å². The molecule has 0 spiro atoms. The molecule has 33 heavy (non-hydrogen) atoms. The molecule has 0 saturated heterocycles. The Morgan fingerprint density at radius 1 is 1.06 bits per heavy atom. The molecule has 0 aliphatic rings. The van der Waals surface area contributed by atoms with Gasteiger partial charge in [0.25, 0.3) is 5.56 Å². The van der Waals surface area contributed by atoms with Crippen molar-refractivity contribution in [3.05, 3.63) is 63.9 Å². The molecule has 4 rings (SSSR count). The third-order valence-electron chi connectivity index (χ3n) is 5.45. The molecule has 1 aromatic carbocycles. The highest BCUT2D eigenvalue weighted by Crippen LogP contribution is 2.31. The molecule has 0 unspecified atom stereocenters. The third kappa shape index (κ3) is 4.86. The minimum Gasteiger partial charge on any atom is -0.357 e. The number of unbranched alkanes of at least 4 members (excludes halogenated alkanes) is 2. The van der Waals surface area contributed by atoms with Crippen molar-refractivity contribution in [1.82, 2.24) is 24.5 Å². The summed E-state index contributed by atoms with van der Waals surface area (Å²) in [4.78, 5) is 31.1. The molecule has 3 heterocycles. The summed E-state index contributed by atoms with van der Waals surface area (Å²) in [7, 11) is 1.75. The Morgan fingerprint density at radius 2 is 1.91 bits per heavy atom. The Labute approximate surface area is 196 Å². The molecule has 9 heteroatoms. The topological polar surface area (TPSA) is 112 Å². The molecule has 170 valence electrons. The van der Waals surface area contributed by atoms with E-state index in [1.165, 1.54) is 0 Å². The van der Waals surface area contributed by atoms with Crippen LogP contribution < -0.4 is 16.6 Å². The second-order valence-corrected chi connectivity index (χ2v) is 8.23. The van der Waals surface area contributed by atoms with Crippen LogP contribution in [-0.4, -0.2) is 38.1 Å². The lowest BCUT2D eigenvalue weighted by Gasteiger charge is -2.14. The fourth-order valence-corrected chi connectivity index (χ4v) is 4.05. The molecule has 8 nitrogen and oxygen atoms in total. The van der Waals surface area contributed by atoms with Crippen LogP contribution in [0, 0.1) is 6.92 Å². The van der Waals surface area contributed by atoms with Gasteiger partial charge in [0.1, 0.15) is 5.65 Å². The number of halogens is 1. The van der Waals surface area contributed by atoms with Gasteiger partial charge in [0, 0.05) is 53.1 Å². The summed E-state index contributed by atoms with van der Waals surface area (Å²) in [6.07, 6.45) is 7.79. The summed E-state index contributed by atoms with van der Waals surface area (Å²) < 4.78 is 1.71. The van der Waals surface area contributed by atoms with E-state index in [-0.39, 0.29) is 5.56 Å². The highest BCUT2D eigenvalue weighted by molar-refractivity contribution is 6.33. The van der Waals surface area contributed by atoms with Gasteiger partial charge in [0.05, 0.1) is 17.6 Å². The summed E-state index contributed by atoms with van der Waals surface area (Å²) in [5.41, 5.74) is 9.63. The maximum Gasteiger partial charge on any atom is 0.260 e. The largest absolute Gasteiger partial charge is 0.357 e. The lowest BCUT2D eigenvalue weighted by atomic mass is 10.0. The summed E-state index contributed by atoms with van der Waals surface area (Å²) in [6, 6.07) is 7.38. The maximum atomic E-state index is 13.6. The summed E-state index contributed by atoms with van der Waals surface area (Å²) in [5.74, 6) is 0.465. The molecule has 0 atom stereocenters. The number of hydrogen-bond acceptors (Lipinski definition) is 7. The Morgan fingerprint density at radius 3 is 2.64 bits per heavy atom. The van der Waals surface area contributed by atoms with Crippen molar-refractivity contribution in [3.63, 3.8) is 0 Å². The van der Waals surface area contributed by atoms with Crippen LogP contribution in [0.15, 0.2) is 47.7 Å². The molecule has 0 amide bonds. The molecule has 3 N–H and O–H groups in total. The van der Waals surface area contributed by atoms with Crippen molar-refractivity contribution in [2.24, 2.45) is 5.73 Å². The van der Waals surface area contributed by atoms with Crippen LogP contribution >= 0.6 is 11.6 Å². The van der Waals surface area contributed by atoms with Crippen molar-refractivity contribution >= 4 is 28.6 Å². The van der Waals surface area contributed by atoms with Crippen LogP contribution in [0.1, 0.15) is 25.0 Å². The highest BCUT2D eigenvalue weighted by atomic mass is 35.5. The second-order valence-electron chi connectivity index (χ2n) is 7.83. The van der Waals surface area contributed by atoms with Crippen molar-refractivity contribution in [3.8, 4) is 22.4 Å². The zero-order valence-corrected chi connectivity index (χ0v) is 19.4. The van der Waals surface area contributed by atoms with Crippen molar-refractivity contribution in [1.29, 1.82) is 0 Å². The predicted molar refractivity (Wildman–Crippen MR) is 132 cm³/mol. The summed E-state index contributed by atoms with van der Waals surface area (Å²) >= 11 is 6.67. The molecule has 4 aromatic rings. The number of aromatic nitrogens is 5. The first kappa shape index (κ1) is 22.8. The van der Waals surface area contributed by atoms with Crippen LogP contribution in [0.4, 0.5) is 5.95 Å². The first-order valence-corrected chi connectivity index (χ1v) is 11.3. The van der Waals surface area contributed by atoms with Crippen LogP contribution in [-0.2, 0) is 6.54 Å². The Hall–Kier alpha value is -3.36. The van der Waals surface area contributed by atoms with E-state index >= 15 is 0 Å². The van der Waals surface area contributed by atoms with Gasteiger partial charge in [-0.3, -0.25) is 14.3 Å². The number of anilines is 1. The third-order valence-corrected chi connectivity index (χ3v) is 5.76. The highest BCUT2D eigenvalue weighted by Gasteiger charge is 2.16. The smallest absolute Gasteiger partial charge is 0.260 e. The number of hydrogen-bond donors (Lipinski definition) is 2. The van der Waals surface area contributed by atoms with E-state index in [4.69, 9.17) is 17.3 Å². The van der Waals surface area contributed by atoms with E-state index < -0.39 is 0 Å². The zero-order chi connectivity index (χ0) is 23.4.